The van der Waals surface area contributed by atoms with Crippen molar-refractivity contribution in [3.63, 3.8) is 0 Å². The molecule has 14 heavy (non-hydrogen) atoms. The summed E-state index contributed by atoms with van der Waals surface area (Å²) in [5, 5.41) is 8.35. The zero-order chi connectivity index (χ0) is 10.5. The summed E-state index contributed by atoms with van der Waals surface area (Å²) >= 11 is 0. The Balaban J connectivity index is 2.78. The van der Waals surface area contributed by atoms with Crippen LogP contribution in [0.4, 0.5) is 0 Å². The number of unbranched alkanes of at least 4 members (excludes halogenated alkanes) is 4. The smallest absolute Gasteiger partial charge is 0.143 e. The molecule has 0 aliphatic carbocycles. The van der Waals surface area contributed by atoms with E-state index >= 15 is 0 Å². The molecule has 0 bridgehead atoms. The second kappa shape index (κ2) is 12.9. The molecule has 0 unspecified atom stereocenters. The average molecular weight is 204 g/mol. The van der Waals surface area contributed by atoms with Crippen LogP contribution in [0.1, 0.15) is 45.4 Å². The van der Waals surface area contributed by atoms with Crippen molar-refractivity contribution in [2.75, 3.05) is 26.6 Å². The van der Waals surface area contributed by atoms with Gasteiger partial charge in [-0.1, -0.05) is 26.2 Å². The molecule has 0 aliphatic heterocycles. The van der Waals surface area contributed by atoms with Crippen LogP contribution in [-0.2, 0) is 9.47 Å². The lowest BCUT2D eigenvalue weighted by Gasteiger charge is -2.03. The summed E-state index contributed by atoms with van der Waals surface area (Å²) in [5.74, 6) is 0. The Bertz CT molecular complexity index is 84.5. The maximum Gasteiger partial charge on any atom is 0.143 e. The van der Waals surface area contributed by atoms with Crippen LogP contribution in [0, 0.1) is 0 Å². The number of aliphatic hydroxyl groups excluding tert-OH is 1. The summed E-state index contributed by atoms with van der Waals surface area (Å²) in [6.45, 7) is 4.49. The van der Waals surface area contributed by atoms with Crippen LogP contribution in [0.5, 0.6) is 0 Å². The normalized spacial score (nSPS) is 10.7. The number of aliphatic hydroxyl groups is 1. The molecule has 0 radical (unpaired) electrons. The van der Waals surface area contributed by atoms with Gasteiger partial charge in [-0.05, 0) is 19.3 Å². The first-order valence-electron chi connectivity index (χ1n) is 5.68. The molecule has 86 valence electrons. The summed E-state index contributed by atoms with van der Waals surface area (Å²) in [6.07, 6.45) is 6.92. The van der Waals surface area contributed by atoms with Crippen molar-refractivity contribution in [2.24, 2.45) is 0 Å². The van der Waals surface area contributed by atoms with Crippen molar-refractivity contribution in [1.82, 2.24) is 0 Å². The molecule has 0 aromatic rings. The van der Waals surface area contributed by atoms with Crippen molar-refractivity contribution in [2.45, 2.75) is 45.4 Å². The van der Waals surface area contributed by atoms with Crippen LogP contribution < -0.4 is 0 Å². The van der Waals surface area contributed by atoms with E-state index in [0.717, 1.165) is 32.5 Å². The highest BCUT2D eigenvalue weighted by Crippen LogP contribution is 2.00. The van der Waals surface area contributed by atoms with Crippen molar-refractivity contribution in [3.05, 3.63) is 0 Å². The van der Waals surface area contributed by atoms with E-state index in [4.69, 9.17) is 14.6 Å². The fourth-order valence-electron chi connectivity index (χ4n) is 1.17. The van der Waals surface area contributed by atoms with Gasteiger partial charge in [0.1, 0.15) is 6.79 Å². The van der Waals surface area contributed by atoms with E-state index in [2.05, 4.69) is 6.92 Å². The molecule has 0 saturated heterocycles. The fourth-order valence-corrected chi connectivity index (χ4v) is 1.17. The molecule has 0 aromatic carbocycles. The summed E-state index contributed by atoms with van der Waals surface area (Å²) in [6, 6.07) is 0. The highest BCUT2D eigenvalue weighted by molar-refractivity contribution is 4.42. The maximum atomic E-state index is 8.35. The molecule has 0 aromatic heterocycles. The van der Waals surface area contributed by atoms with Gasteiger partial charge >= 0.3 is 0 Å². The highest BCUT2D eigenvalue weighted by atomic mass is 16.6. The number of rotatable bonds is 11. The first kappa shape index (κ1) is 13.9. The molecule has 0 rings (SSSR count). The molecule has 0 heterocycles. The molecular weight excluding hydrogens is 180 g/mol. The van der Waals surface area contributed by atoms with Crippen LogP contribution in [-0.4, -0.2) is 31.7 Å². The lowest BCUT2D eigenvalue weighted by atomic mass is 10.2. The minimum absolute atomic E-state index is 0.153. The molecule has 3 heteroatoms. The van der Waals surface area contributed by atoms with E-state index in [-0.39, 0.29) is 6.79 Å². The highest BCUT2D eigenvalue weighted by Gasteiger charge is 1.91. The van der Waals surface area contributed by atoms with Gasteiger partial charge in [0.15, 0.2) is 0 Å². The van der Waals surface area contributed by atoms with Gasteiger partial charge in [0.2, 0.25) is 0 Å². The van der Waals surface area contributed by atoms with E-state index < -0.39 is 0 Å². The lowest BCUT2D eigenvalue weighted by molar-refractivity contribution is -0.00298. The van der Waals surface area contributed by atoms with E-state index in [1.165, 1.54) is 19.3 Å². The van der Waals surface area contributed by atoms with Gasteiger partial charge in [0.25, 0.3) is 0 Å². The molecule has 0 spiro atoms. The van der Waals surface area contributed by atoms with Gasteiger partial charge in [-0.3, -0.25) is 0 Å². The molecule has 1 N–H and O–H groups in total. The average Bonchev–Trinajstić information content (AvgIpc) is 2.21. The van der Waals surface area contributed by atoms with Gasteiger partial charge in [-0.2, -0.15) is 0 Å². The van der Waals surface area contributed by atoms with Gasteiger partial charge in [0, 0.05) is 19.8 Å². The largest absolute Gasteiger partial charge is 0.381 e. The van der Waals surface area contributed by atoms with E-state index in [1.54, 1.807) is 0 Å². The number of hydrogen-bond acceptors (Lipinski definition) is 3. The zero-order valence-electron chi connectivity index (χ0n) is 9.33. The number of ether oxygens (including phenoxy) is 2. The van der Waals surface area contributed by atoms with Crippen molar-refractivity contribution < 1.29 is 14.6 Å². The summed E-state index contributed by atoms with van der Waals surface area (Å²) in [7, 11) is 0. The zero-order valence-corrected chi connectivity index (χ0v) is 9.33. The quantitative estimate of drug-likeness (QED) is 0.414. The topological polar surface area (TPSA) is 38.7 Å². The van der Waals surface area contributed by atoms with Crippen LogP contribution in [0.2, 0.25) is 0 Å². The standard InChI is InChI=1S/C11H24O3/c1-2-3-8-13-9-6-4-5-7-10-14-11-12/h12H,2-11H2,1H3. The van der Waals surface area contributed by atoms with Crippen molar-refractivity contribution in [3.8, 4) is 0 Å². The van der Waals surface area contributed by atoms with Gasteiger partial charge < -0.3 is 14.6 Å². The Hall–Kier alpha value is -0.120. The Morgan fingerprint density at radius 3 is 1.93 bits per heavy atom. The molecule has 0 fully saturated rings. The molecule has 0 saturated carbocycles. The Labute approximate surface area is 87.4 Å². The number of hydrogen-bond donors (Lipinski definition) is 1. The molecule has 0 aliphatic rings. The predicted molar refractivity (Wildman–Crippen MR) is 57.2 cm³/mol. The fraction of sp³-hybridized carbons (Fsp3) is 1.00. The van der Waals surface area contributed by atoms with Crippen molar-refractivity contribution in [1.29, 1.82) is 0 Å². The first-order chi connectivity index (χ1) is 6.91. The van der Waals surface area contributed by atoms with Crippen molar-refractivity contribution >= 4 is 0 Å². The third-order valence-corrected chi connectivity index (χ3v) is 2.06. The second-order valence-electron chi connectivity index (χ2n) is 3.42. The monoisotopic (exact) mass is 204 g/mol. The van der Waals surface area contributed by atoms with Crippen LogP contribution >= 0.6 is 0 Å². The minimum atomic E-state index is -0.153. The third kappa shape index (κ3) is 11.9. The van der Waals surface area contributed by atoms with E-state index in [1.807, 2.05) is 0 Å². The van der Waals surface area contributed by atoms with Gasteiger partial charge in [-0.15, -0.1) is 0 Å². The molecule has 0 atom stereocenters. The lowest BCUT2D eigenvalue weighted by Crippen LogP contribution is -1.98. The molecule has 3 nitrogen and oxygen atoms in total. The Kier molecular flexibility index (Phi) is 12.8. The molecule has 0 amide bonds. The van der Waals surface area contributed by atoms with Crippen LogP contribution in [0.25, 0.3) is 0 Å². The Morgan fingerprint density at radius 2 is 1.36 bits per heavy atom. The van der Waals surface area contributed by atoms with Crippen LogP contribution in [0.3, 0.4) is 0 Å². The van der Waals surface area contributed by atoms with Gasteiger partial charge in [0.05, 0.1) is 0 Å². The second-order valence-corrected chi connectivity index (χ2v) is 3.42. The summed E-state index contributed by atoms with van der Waals surface area (Å²) < 4.78 is 10.2. The maximum absolute atomic E-state index is 8.35. The summed E-state index contributed by atoms with van der Waals surface area (Å²) in [4.78, 5) is 0. The molecular formula is C11H24O3. The third-order valence-electron chi connectivity index (χ3n) is 2.06. The first-order valence-corrected chi connectivity index (χ1v) is 5.68. The minimum Gasteiger partial charge on any atom is -0.381 e. The Morgan fingerprint density at radius 1 is 0.786 bits per heavy atom. The predicted octanol–water partition coefficient (Wildman–Crippen LogP) is 2.33. The SMILES string of the molecule is CCCCOCCCCCCOCO. The van der Waals surface area contributed by atoms with Crippen LogP contribution in [0.15, 0.2) is 0 Å². The summed E-state index contributed by atoms with van der Waals surface area (Å²) in [5.41, 5.74) is 0. The van der Waals surface area contributed by atoms with E-state index in [0.29, 0.717) is 6.61 Å². The van der Waals surface area contributed by atoms with Gasteiger partial charge in [-0.25, -0.2) is 0 Å². The van der Waals surface area contributed by atoms with E-state index in [9.17, 15) is 0 Å².